The van der Waals surface area contributed by atoms with Gasteiger partial charge in [-0.25, -0.2) is 23.4 Å². The average molecular weight is 591 g/mol. The van der Waals surface area contributed by atoms with Crippen molar-refractivity contribution in [3.05, 3.63) is 66.2 Å². The van der Waals surface area contributed by atoms with E-state index < -0.39 is 21.8 Å². The van der Waals surface area contributed by atoms with Crippen LogP contribution in [0.2, 0.25) is 0 Å². The minimum absolute atomic E-state index is 0.0193. The molecule has 3 atom stereocenters. The van der Waals surface area contributed by atoms with Gasteiger partial charge < -0.3 is 10.1 Å². The van der Waals surface area contributed by atoms with E-state index in [2.05, 4.69) is 29.9 Å². The molecule has 218 valence electrons. The van der Waals surface area contributed by atoms with E-state index in [4.69, 9.17) is 4.74 Å². The van der Waals surface area contributed by atoms with Crippen LogP contribution in [0.25, 0.3) is 0 Å². The van der Waals surface area contributed by atoms with E-state index in [9.17, 15) is 26.4 Å². The van der Waals surface area contributed by atoms with E-state index in [0.717, 1.165) is 38.2 Å². The summed E-state index contributed by atoms with van der Waals surface area (Å²) in [5.74, 6) is 0.0949. The molecule has 14 heteroatoms. The molecular weight excluding hydrogens is 561 g/mol. The summed E-state index contributed by atoms with van der Waals surface area (Å²) in [7, 11) is -4.19. The maximum absolute atomic E-state index is 13.4. The van der Waals surface area contributed by atoms with Gasteiger partial charge in [-0.2, -0.15) is 13.2 Å². The molecule has 0 amide bonds. The Morgan fingerprint density at radius 2 is 1.85 bits per heavy atom. The standard InChI is InChI=1S/C27H29F3N6O4S/c28-27(29,30)20-5-3-4-18(12-20)19-6-7-21(22(13-19)36-10-1-2-11-36)34-26-14-23(40-17-37)24(15-32-26)41(38,39)35-25-8-9-31-16-33-25/h3-5,8-9,12,14-17,19,21-22H,1-2,6-7,10-11,13H2,(H,32,34)(H,31,33,35)/t19-,21-,22-/m0/s1. The molecule has 3 aromatic rings. The fourth-order valence-electron chi connectivity index (χ4n) is 5.65. The Morgan fingerprint density at radius 1 is 1.05 bits per heavy atom. The summed E-state index contributed by atoms with van der Waals surface area (Å²) < 4.78 is 73.3. The Bertz CT molecular complexity index is 1470. The van der Waals surface area contributed by atoms with Crippen LogP contribution in [0.3, 0.4) is 0 Å². The molecule has 0 bridgehead atoms. The molecule has 0 unspecified atom stereocenters. The van der Waals surface area contributed by atoms with Gasteiger partial charge in [-0.3, -0.25) is 14.4 Å². The van der Waals surface area contributed by atoms with Crippen molar-refractivity contribution in [3.8, 4) is 5.75 Å². The molecular formula is C27H29F3N6O4S. The second-order valence-corrected chi connectivity index (χ2v) is 11.8. The number of nitrogens with one attached hydrogen (secondary N) is 2. The molecule has 0 spiro atoms. The lowest BCUT2D eigenvalue weighted by atomic mass is 9.77. The Hall–Kier alpha value is -3.78. The highest BCUT2D eigenvalue weighted by Crippen LogP contribution is 2.40. The van der Waals surface area contributed by atoms with Crippen molar-refractivity contribution in [1.29, 1.82) is 0 Å². The predicted octanol–water partition coefficient (Wildman–Crippen LogP) is 4.44. The van der Waals surface area contributed by atoms with Gasteiger partial charge in [0.25, 0.3) is 16.5 Å². The van der Waals surface area contributed by atoms with E-state index in [1.54, 1.807) is 6.07 Å². The first kappa shape index (κ1) is 28.7. The van der Waals surface area contributed by atoms with Gasteiger partial charge in [-0.05, 0) is 68.8 Å². The van der Waals surface area contributed by atoms with Crippen molar-refractivity contribution in [3.63, 3.8) is 0 Å². The molecule has 41 heavy (non-hydrogen) atoms. The van der Waals surface area contributed by atoms with Crippen LogP contribution in [-0.2, 0) is 21.0 Å². The van der Waals surface area contributed by atoms with Gasteiger partial charge in [-0.15, -0.1) is 0 Å². The molecule has 10 nitrogen and oxygen atoms in total. The van der Waals surface area contributed by atoms with Gasteiger partial charge in [0.05, 0.1) is 11.8 Å². The fraction of sp³-hybridized carbons (Fsp3) is 0.407. The van der Waals surface area contributed by atoms with Crippen molar-refractivity contribution in [2.45, 2.75) is 61.2 Å². The number of nitrogens with zero attached hydrogens (tertiary/aromatic N) is 4. The van der Waals surface area contributed by atoms with Crippen LogP contribution >= 0.6 is 0 Å². The Balaban J connectivity index is 1.37. The molecule has 2 aliphatic rings. The molecule has 3 heterocycles. The number of ether oxygens (including phenoxy) is 1. The first-order chi connectivity index (χ1) is 19.6. The summed E-state index contributed by atoms with van der Waals surface area (Å²) in [4.78, 5) is 25.1. The summed E-state index contributed by atoms with van der Waals surface area (Å²) in [5.41, 5.74) is 0.0251. The van der Waals surface area contributed by atoms with Gasteiger partial charge in [-0.1, -0.05) is 18.2 Å². The van der Waals surface area contributed by atoms with Crippen molar-refractivity contribution >= 4 is 28.1 Å². The van der Waals surface area contributed by atoms with Crippen LogP contribution in [-0.4, -0.2) is 59.9 Å². The van der Waals surface area contributed by atoms with E-state index in [-0.39, 0.29) is 40.9 Å². The number of halogens is 3. The third-order valence-electron chi connectivity index (χ3n) is 7.56. The topological polar surface area (TPSA) is 126 Å². The third-order valence-corrected chi connectivity index (χ3v) is 8.93. The van der Waals surface area contributed by atoms with Gasteiger partial charge in [0, 0.05) is 24.3 Å². The van der Waals surface area contributed by atoms with Gasteiger partial charge >= 0.3 is 6.18 Å². The highest BCUT2D eigenvalue weighted by Gasteiger charge is 2.37. The lowest BCUT2D eigenvalue weighted by molar-refractivity contribution is -0.137. The van der Waals surface area contributed by atoms with Crippen LogP contribution in [0.5, 0.6) is 5.75 Å². The third kappa shape index (κ3) is 6.76. The van der Waals surface area contributed by atoms with E-state index in [0.29, 0.717) is 30.6 Å². The van der Waals surface area contributed by atoms with Crippen LogP contribution in [0.1, 0.15) is 49.1 Å². The average Bonchev–Trinajstić information content (AvgIpc) is 3.48. The zero-order chi connectivity index (χ0) is 29.0. The molecule has 1 aromatic carbocycles. The number of pyridine rings is 1. The zero-order valence-electron chi connectivity index (χ0n) is 21.9. The second kappa shape index (κ2) is 12.0. The first-order valence-corrected chi connectivity index (χ1v) is 14.7. The molecule has 0 radical (unpaired) electrons. The maximum Gasteiger partial charge on any atom is 0.416 e. The van der Waals surface area contributed by atoms with Crippen molar-refractivity contribution in [1.82, 2.24) is 19.9 Å². The van der Waals surface area contributed by atoms with E-state index in [1.807, 2.05) is 0 Å². The summed E-state index contributed by atoms with van der Waals surface area (Å²) in [5, 5.41) is 3.38. The van der Waals surface area contributed by atoms with Crippen LogP contribution < -0.4 is 14.8 Å². The van der Waals surface area contributed by atoms with Gasteiger partial charge in [0.1, 0.15) is 22.9 Å². The second-order valence-electron chi connectivity index (χ2n) is 10.1. The summed E-state index contributed by atoms with van der Waals surface area (Å²) in [6.45, 7) is 1.91. The zero-order valence-corrected chi connectivity index (χ0v) is 22.7. The van der Waals surface area contributed by atoms with Crippen molar-refractivity contribution in [2.24, 2.45) is 0 Å². The quantitative estimate of drug-likeness (QED) is 0.348. The molecule has 1 aliphatic carbocycles. The first-order valence-electron chi connectivity index (χ1n) is 13.2. The molecule has 2 fully saturated rings. The number of anilines is 2. The van der Waals surface area contributed by atoms with E-state index >= 15 is 0 Å². The number of aromatic nitrogens is 3. The number of sulfonamides is 1. The van der Waals surface area contributed by atoms with Gasteiger partial charge in [0.15, 0.2) is 5.75 Å². The van der Waals surface area contributed by atoms with Crippen molar-refractivity contribution < 1.29 is 31.1 Å². The number of hydrogen-bond acceptors (Lipinski definition) is 9. The van der Waals surface area contributed by atoms with Crippen LogP contribution in [0.15, 0.2) is 60.0 Å². The minimum Gasteiger partial charge on any atom is -0.427 e. The monoisotopic (exact) mass is 590 g/mol. The highest BCUT2D eigenvalue weighted by molar-refractivity contribution is 7.92. The number of rotatable bonds is 9. The fourth-order valence-corrected chi connectivity index (χ4v) is 6.72. The lowest BCUT2D eigenvalue weighted by Gasteiger charge is -2.42. The number of hydrogen-bond donors (Lipinski definition) is 2. The van der Waals surface area contributed by atoms with Crippen LogP contribution in [0, 0.1) is 0 Å². The van der Waals surface area contributed by atoms with Crippen LogP contribution in [0.4, 0.5) is 24.8 Å². The lowest BCUT2D eigenvalue weighted by Crippen LogP contribution is -2.49. The smallest absolute Gasteiger partial charge is 0.416 e. The predicted molar refractivity (Wildman–Crippen MR) is 144 cm³/mol. The number of alkyl halides is 3. The van der Waals surface area contributed by atoms with Crippen molar-refractivity contribution in [2.75, 3.05) is 23.1 Å². The number of carbonyl (C=O) groups excluding carboxylic acids is 1. The summed E-state index contributed by atoms with van der Waals surface area (Å²) in [6.07, 6.45) is 3.31. The van der Waals surface area contributed by atoms with Gasteiger partial charge in [0.2, 0.25) is 0 Å². The largest absolute Gasteiger partial charge is 0.427 e. The Labute approximate surface area is 235 Å². The molecule has 1 saturated heterocycles. The van der Waals surface area contributed by atoms with E-state index in [1.165, 1.54) is 36.8 Å². The Morgan fingerprint density at radius 3 is 2.56 bits per heavy atom. The molecule has 2 aromatic heterocycles. The minimum atomic E-state index is -4.40. The molecule has 1 aliphatic heterocycles. The number of benzene rings is 1. The Kier molecular flexibility index (Phi) is 8.40. The summed E-state index contributed by atoms with van der Waals surface area (Å²) in [6, 6.07) is 8.19. The molecule has 1 saturated carbocycles. The number of carbonyl (C=O) groups is 1. The molecule has 2 N–H and O–H groups in total. The highest BCUT2D eigenvalue weighted by atomic mass is 32.2. The molecule has 5 rings (SSSR count). The SMILES string of the molecule is O=COc1cc(N[C@H]2CC[C@H](c3cccc(C(F)(F)F)c3)C[C@@H]2N2CCCC2)ncc1S(=O)(=O)Nc1ccncn1. The maximum atomic E-state index is 13.4. The summed E-state index contributed by atoms with van der Waals surface area (Å²) >= 11 is 0. The normalized spacial score (nSPS) is 21.8. The number of likely N-dealkylation sites (tertiary alicyclic amines) is 1.